The molecule has 17 heavy (non-hydrogen) atoms. The predicted octanol–water partition coefficient (Wildman–Crippen LogP) is 3.29. The minimum Gasteiger partial charge on any atom is -0.481 e. The first kappa shape index (κ1) is 13.5. The average molecular weight is 246 g/mol. The van der Waals surface area contributed by atoms with Gasteiger partial charge in [-0.15, -0.1) is 0 Å². The predicted molar refractivity (Wildman–Crippen MR) is 56.1 cm³/mol. The summed E-state index contributed by atoms with van der Waals surface area (Å²) in [6.07, 6.45) is 2.02. The lowest BCUT2D eigenvalue weighted by atomic mass is 10.1. The quantitative estimate of drug-likeness (QED) is 0.617. The van der Waals surface area contributed by atoms with E-state index < -0.39 is 23.4 Å². The van der Waals surface area contributed by atoms with Crippen molar-refractivity contribution in [2.75, 3.05) is 0 Å². The normalized spacial score (nSPS) is 10.5. The molecule has 1 N–H and O–H groups in total. The van der Waals surface area contributed by atoms with E-state index >= 15 is 0 Å². The van der Waals surface area contributed by atoms with E-state index in [9.17, 15) is 18.0 Å². The molecule has 1 aromatic rings. The van der Waals surface area contributed by atoms with Crippen LogP contribution in [0.4, 0.5) is 13.2 Å². The zero-order chi connectivity index (χ0) is 12.8. The highest BCUT2D eigenvalue weighted by Gasteiger charge is 2.09. The largest absolute Gasteiger partial charge is 0.481 e. The molecule has 0 bridgehead atoms. The zero-order valence-electron chi connectivity index (χ0n) is 9.18. The molecule has 0 saturated heterocycles. The number of aliphatic carboxylic acids is 1. The van der Waals surface area contributed by atoms with Crippen LogP contribution in [0.5, 0.6) is 0 Å². The second-order valence-electron chi connectivity index (χ2n) is 3.81. The summed E-state index contributed by atoms with van der Waals surface area (Å²) in [4.78, 5) is 10.2. The highest BCUT2D eigenvalue weighted by molar-refractivity contribution is 5.66. The highest BCUT2D eigenvalue weighted by Crippen LogP contribution is 2.16. The molecule has 0 unspecified atom stereocenters. The van der Waals surface area contributed by atoms with Gasteiger partial charge in [0.15, 0.2) is 11.6 Å². The van der Waals surface area contributed by atoms with E-state index in [1.165, 1.54) is 0 Å². The number of hydrogen-bond acceptors (Lipinski definition) is 1. The second-order valence-corrected chi connectivity index (χ2v) is 3.81. The standard InChI is InChI=1S/C12H13F3O2/c13-9-7-11(15)10(14)6-8(9)4-2-1-3-5-12(16)17/h6-7H,1-5H2,(H,16,17). The van der Waals surface area contributed by atoms with Crippen LogP contribution in [-0.2, 0) is 11.2 Å². The first-order valence-corrected chi connectivity index (χ1v) is 5.36. The van der Waals surface area contributed by atoms with Gasteiger partial charge in [0.25, 0.3) is 0 Å². The van der Waals surface area contributed by atoms with Gasteiger partial charge in [0, 0.05) is 12.5 Å². The molecular weight excluding hydrogens is 233 g/mol. The smallest absolute Gasteiger partial charge is 0.303 e. The summed E-state index contributed by atoms with van der Waals surface area (Å²) in [5.41, 5.74) is 0.124. The van der Waals surface area contributed by atoms with E-state index in [4.69, 9.17) is 5.11 Å². The van der Waals surface area contributed by atoms with Gasteiger partial charge in [-0.1, -0.05) is 6.42 Å². The number of unbranched alkanes of at least 4 members (excludes halogenated alkanes) is 2. The Morgan fingerprint density at radius 1 is 1.00 bits per heavy atom. The number of hydrogen-bond donors (Lipinski definition) is 1. The summed E-state index contributed by atoms with van der Waals surface area (Å²) in [5.74, 6) is -3.89. The molecule has 0 spiro atoms. The van der Waals surface area contributed by atoms with E-state index in [0.717, 1.165) is 6.07 Å². The van der Waals surface area contributed by atoms with Crippen molar-refractivity contribution in [3.05, 3.63) is 35.1 Å². The van der Waals surface area contributed by atoms with E-state index in [-0.39, 0.29) is 18.4 Å². The van der Waals surface area contributed by atoms with Crippen molar-refractivity contribution in [1.82, 2.24) is 0 Å². The first-order valence-electron chi connectivity index (χ1n) is 5.36. The number of aryl methyl sites for hydroxylation is 1. The number of carboxylic acid groups (broad SMARTS) is 1. The van der Waals surface area contributed by atoms with E-state index in [1.54, 1.807) is 0 Å². The molecule has 2 nitrogen and oxygen atoms in total. The van der Waals surface area contributed by atoms with Gasteiger partial charge in [-0.3, -0.25) is 4.79 Å². The van der Waals surface area contributed by atoms with Crippen LogP contribution in [0, 0.1) is 17.5 Å². The third-order valence-corrected chi connectivity index (χ3v) is 2.43. The van der Waals surface area contributed by atoms with Gasteiger partial charge in [-0.25, -0.2) is 13.2 Å². The van der Waals surface area contributed by atoms with Gasteiger partial charge in [-0.05, 0) is 30.9 Å². The van der Waals surface area contributed by atoms with Crippen LogP contribution in [0.25, 0.3) is 0 Å². The van der Waals surface area contributed by atoms with Gasteiger partial charge >= 0.3 is 5.97 Å². The number of carboxylic acids is 1. The van der Waals surface area contributed by atoms with Gasteiger partial charge in [0.05, 0.1) is 0 Å². The number of carbonyl (C=O) groups is 1. The van der Waals surface area contributed by atoms with Crippen LogP contribution in [0.1, 0.15) is 31.2 Å². The lowest BCUT2D eigenvalue weighted by molar-refractivity contribution is -0.137. The monoisotopic (exact) mass is 246 g/mol. The molecule has 0 aliphatic heterocycles. The van der Waals surface area contributed by atoms with Crippen molar-refractivity contribution < 1.29 is 23.1 Å². The van der Waals surface area contributed by atoms with Crippen molar-refractivity contribution >= 4 is 5.97 Å². The summed E-state index contributed by atoms with van der Waals surface area (Å²) in [6.45, 7) is 0. The molecule has 0 aliphatic carbocycles. The molecular formula is C12H13F3O2. The van der Waals surface area contributed by atoms with Gasteiger partial charge in [0.2, 0.25) is 0 Å². The minimum atomic E-state index is -1.20. The Morgan fingerprint density at radius 3 is 2.29 bits per heavy atom. The van der Waals surface area contributed by atoms with Crippen LogP contribution in [0.2, 0.25) is 0 Å². The number of rotatable bonds is 6. The lowest BCUT2D eigenvalue weighted by Gasteiger charge is -2.04. The summed E-state index contributed by atoms with van der Waals surface area (Å²) < 4.78 is 38.6. The van der Waals surface area contributed by atoms with Crippen LogP contribution in [-0.4, -0.2) is 11.1 Å². The fraction of sp³-hybridized carbons (Fsp3) is 0.417. The molecule has 0 heterocycles. The zero-order valence-corrected chi connectivity index (χ0v) is 9.18. The van der Waals surface area contributed by atoms with Gasteiger partial charge in [0.1, 0.15) is 5.82 Å². The summed E-state index contributed by atoms with van der Waals surface area (Å²) >= 11 is 0. The molecule has 0 radical (unpaired) electrons. The minimum absolute atomic E-state index is 0.0697. The van der Waals surface area contributed by atoms with Gasteiger partial charge < -0.3 is 5.11 Å². The third kappa shape index (κ3) is 4.46. The number of halogens is 3. The van der Waals surface area contributed by atoms with E-state index in [1.807, 2.05) is 0 Å². The molecule has 0 fully saturated rings. The summed E-state index contributed by atoms with van der Waals surface area (Å²) in [7, 11) is 0. The maximum atomic E-state index is 13.2. The van der Waals surface area contributed by atoms with Crippen molar-refractivity contribution in [3.63, 3.8) is 0 Å². The maximum Gasteiger partial charge on any atom is 0.303 e. The third-order valence-electron chi connectivity index (χ3n) is 2.43. The maximum absolute atomic E-state index is 13.2. The first-order chi connectivity index (χ1) is 8.00. The SMILES string of the molecule is O=C(O)CCCCCc1cc(F)c(F)cc1F. The molecule has 1 rings (SSSR count). The van der Waals surface area contributed by atoms with Crippen LogP contribution >= 0.6 is 0 Å². The molecule has 0 aliphatic rings. The molecule has 0 saturated carbocycles. The Labute approximate surface area is 97.1 Å². The van der Waals surface area contributed by atoms with Crippen LogP contribution in [0.15, 0.2) is 12.1 Å². The van der Waals surface area contributed by atoms with E-state index in [2.05, 4.69) is 0 Å². The Morgan fingerprint density at radius 2 is 1.65 bits per heavy atom. The van der Waals surface area contributed by atoms with Crippen molar-refractivity contribution in [2.45, 2.75) is 32.1 Å². The average Bonchev–Trinajstić information content (AvgIpc) is 2.24. The topological polar surface area (TPSA) is 37.3 Å². The Balaban J connectivity index is 2.41. The van der Waals surface area contributed by atoms with Crippen LogP contribution < -0.4 is 0 Å². The fourth-order valence-corrected chi connectivity index (χ4v) is 1.52. The lowest BCUT2D eigenvalue weighted by Crippen LogP contribution is -1.97. The molecule has 5 heteroatoms. The molecule has 0 amide bonds. The second kappa shape index (κ2) is 6.27. The van der Waals surface area contributed by atoms with Crippen molar-refractivity contribution in [3.8, 4) is 0 Å². The molecule has 0 aromatic heterocycles. The Kier molecular flexibility index (Phi) is 5.00. The van der Waals surface area contributed by atoms with E-state index in [0.29, 0.717) is 25.3 Å². The molecule has 0 atom stereocenters. The highest BCUT2D eigenvalue weighted by atomic mass is 19.2. The number of benzene rings is 1. The molecule has 1 aromatic carbocycles. The van der Waals surface area contributed by atoms with Gasteiger partial charge in [-0.2, -0.15) is 0 Å². The van der Waals surface area contributed by atoms with Crippen molar-refractivity contribution in [1.29, 1.82) is 0 Å². The summed E-state index contributed by atoms with van der Waals surface area (Å²) in [5, 5.41) is 8.39. The Hall–Kier alpha value is -1.52. The molecule has 94 valence electrons. The van der Waals surface area contributed by atoms with Crippen LogP contribution in [0.3, 0.4) is 0 Å². The fourth-order valence-electron chi connectivity index (χ4n) is 1.52. The summed E-state index contributed by atoms with van der Waals surface area (Å²) in [6, 6.07) is 1.38. The van der Waals surface area contributed by atoms with Crippen molar-refractivity contribution in [2.24, 2.45) is 0 Å². The Bertz CT molecular complexity index is 405.